The highest BCUT2D eigenvalue weighted by molar-refractivity contribution is 5.61. The zero-order valence-electron chi connectivity index (χ0n) is 14.5. The van der Waals surface area contributed by atoms with Gasteiger partial charge in [-0.05, 0) is 36.4 Å². The molecule has 0 saturated heterocycles. The van der Waals surface area contributed by atoms with Crippen LogP contribution in [0.1, 0.15) is 0 Å². The largest absolute Gasteiger partial charge is 0.324 e. The normalized spacial score (nSPS) is 10.2. The minimum atomic E-state index is 0.452. The maximum absolute atomic E-state index is 4.48. The third-order valence-electron chi connectivity index (χ3n) is 3.73. The van der Waals surface area contributed by atoms with E-state index in [0.29, 0.717) is 17.8 Å². The van der Waals surface area contributed by atoms with Gasteiger partial charge < -0.3 is 16.0 Å². The van der Waals surface area contributed by atoms with Gasteiger partial charge in [0.05, 0.1) is 0 Å². The van der Waals surface area contributed by atoms with E-state index in [0.717, 1.165) is 17.1 Å². The van der Waals surface area contributed by atoms with Crippen molar-refractivity contribution in [3.05, 3.63) is 91.0 Å². The molecule has 3 aromatic carbocycles. The number of nitrogens with one attached hydrogen (secondary N) is 3. The molecule has 4 aromatic rings. The summed E-state index contributed by atoms with van der Waals surface area (Å²) < 4.78 is 0. The number of para-hydroxylation sites is 3. The molecule has 0 spiro atoms. The van der Waals surface area contributed by atoms with Crippen LogP contribution in [0.3, 0.4) is 0 Å². The van der Waals surface area contributed by atoms with E-state index in [1.54, 1.807) is 0 Å². The second-order valence-corrected chi connectivity index (χ2v) is 5.78. The lowest BCUT2D eigenvalue weighted by atomic mass is 10.3. The Bertz CT molecular complexity index is 846. The van der Waals surface area contributed by atoms with E-state index in [-0.39, 0.29) is 0 Å². The van der Waals surface area contributed by atoms with Gasteiger partial charge in [-0.2, -0.15) is 15.0 Å². The molecule has 0 aliphatic rings. The molecule has 4 rings (SSSR count). The summed E-state index contributed by atoms with van der Waals surface area (Å²) in [5.41, 5.74) is 2.71. The van der Waals surface area contributed by atoms with Crippen LogP contribution in [0.2, 0.25) is 0 Å². The molecule has 0 amide bonds. The van der Waals surface area contributed by atoms with Gasteiger partial charge in [0.2, 0.25) is 17.8 Å². The van der Waals surface area contributed by atoms with Crippen LogP contribution in [0, 0.1) is 0 Å². The lowest BCUT2D eigenvalue weighted by Gasteiger charge is -2.11. The van der Waals surface area contributed by atoms with Crippen molar-refractivity contribution in [2.24, 2.45) is 0 Å². The molecule has 0 bridgehead atoms. The van der Waals surface area contributed by atoms with Gasteiger partial charge in [0, 0.05) is 17.1 Å². The fraction of sp³-hybridized carbons (Fsp3) is 0. The Morgan fingerprint density at radius 3 is 0.889 bits per heavy atom. The zero-order valence-corrected chi connectivity index (χ0v) is 14.5. The summed E-state index contributed by atoms with van der Waals surface area (Å²) in [4.78, 5) is 13.4. The Kier molecular flexibility index (Phi) is 4.88. The summed E-state index contributed by atoms with van der Waals surface area (Å²) in [6.07, 6.45) is 0. The van der Waals surface area contributed by atoms with E-state index in [4.69, 9.17) is 0 Å². The molecule has 0 saturated carbocycles. The highest BCUT2D eigenvalue weighted by atomic mass is 15.3. The van der Waals surface area contributed by atoms with Crippen LogP contribution in [0.15, 0.2) is 91.0 Å². The predicted octanol–water partition coefficient (Wildman–Crippen LogP) is 5.10. The van der Waals surface area contributed by atoms with Crippen LogP contribution in [0.25, 0.3) is 0 Å². The van der Waals surface area contributed by atoms with Crippen LogP contribution in [0.5, 0.6) is 0 Å². The number of hydrogen-bond donors (Lipinski definition) is 3. The first-order chi connectivity index (χ1) is 13.3. The van der Waals surface area contributed by atoms with E-state index in [2.05, 4.69) is 30.9 Å². The Morgan fingerprint density at radius 2 is 0.630 bits per heavy atom. The number of nitrogens with zero attached hydrogens (tertiary/aromatic N) is 3. The van der Waals surface area contributed by atoms with Gasteiger partial charge in [0.1, 0.15) is 0 Å². The van der Waals surface area contributed by atoms with Crippen molar-refractivity contribution in [1.82, 2.24) is 15.0 Å². The van der Waals surface area contributed by atoms with E-state index < -0.39 is 0 Å². The molecule has 0 atom stereocenters. The van der Waals surface area contributed by atoms with Crippen molar-refractivity contribution in [2.75, 3.05) is 16.0 Å². The predicted molar refractivity (Wildman–Crippen MR) is 109 cm³/mol. The molecule has 6 nitrogen and oxygen atoms in total. The molecule has 1 aromatic heterocycles. The van der Waals surface area contributed by atoms with Crippen LogP contribution in [-0.2, 0) is 0 Å². The minimum Gasteiger partial charge on any atom is -0.324 e. The maximum atomic E-state index is 4.48. The fourth-order valence-corrected chi connectivity index (χ4v) is 2.50. The lowest BCUT2D eigenvalue weighted by Crippen LogP contribution is -2.07. The molecular formula is C21H18N6. The van der Waals surface area contributed by atoms with Gasteiger partial charge in [-0.25, -0.2) is 0 Å². The minimum absolute atomic E-state index is 0.452. The number of benzene rings is 3. The quantitative estimate of drug-likeness (QED) is 0.447. The van der Waals surface area contributed by atoms with Crippen molar-refractivity contribution in [1.29, 1.82) is 0 Å². The van der Waals surface area contributed by atoms with Crippen LogP contribution < -0.4 is 16.0 Å². The SMILES string of the molecule is c1ccc(Nc2nc(Nc3ccccc3)nc(Nc3ccccc3)n2)cc1. The summed E-state index contributed by atoms with van der Waals surface area (Å²) in [6, 6.07) is 29.4. The Balaban J connectivity index is 1.64. The first-order valence-corrected chi connectivity index (χ1v) is 8.57. The van der Waals surface area contributed by atoms with Crippen LogP contribution in [-0.4, -0.2) is 15.0 Å². The van der Waals surface area contributed by atoms with Crippen LogP contribution in [0.4, 0.5) is 34.9 Å². The average molecular weight is 354 g/mol. The molecule has 6 heteroatoms. The van der Waals surface area contributed by atoms with Crippen molar-refractivity contribution in [2.45, 2.75) is 0 Å². The van der Waals surface area contributed by atoms with Crippen molar-refractivity contribution < 1.29 is 0 Å². The summed E-state index contributed by atoms with van der Waals surface area (Å²) in [7, 11) is 0. The molecule has 1 heterocycles. The highest BCUT2D eigenvalue weighted by Gasteiger charge is 2.08. The van der Waals surface area contributed by atoms with E-state index in [9.17, 15) is 0 Å². The van der Waals surface area contributed by atoms with Crippen LogP contribution >= 0.6 is 0 Å². The smallest absolute Gasteiger partial charge is 0.233 e. The molecule has 27 heavy (non-hydrogen) atoms. The summed E-state index contributed by atoms with van der Waals surface area (Å²) in [6.45, 7) is 0. The Hall–Kier alpha value is -3.93. The topological polar surface area (TPSA) is 74.8 Å². The summed E-state index contributed by atoms with van der Waals surface area (Å²) in [5, 5.41) is 9.64. The Morgan fingerprint density at radius 1 is 0.370 bits per heavy atom. The molecular weight excluding hydrogens is 336 g/mol. The van der Waals surface area contributed by atoms with Gasteiger partial charge in [-0.1, -0.05) is 54.6 Å². The highest BCUT2D eigenvalue weighted by Crippen LogP contribution is 2.20. The van der Waals surface area contributed by atoms with Crippen molar-refractivity contribution >= 4 is 34.9 Å². The zero-order chi connectivity index (χ0) is 18.3. The van der Waals surface area contributed by atoms with Gasteiger partial charge in [-0.3, -0.25) is 0 Å². The van der Waals surface area contributed by atoms with Gasteiger partial charge in [0.15, 0.2) is 0 Å². The van der Waals surface area contributed by atoms with E-state index in [1.165, 1.54) is 0 Å². The monoisotopic (exact) mass is 354 g/mol. The van der Waals surface area contributed by atoms with Crippen molar-refractivity contribution in [3.63, 3.8) is 0 Å². The standard InChI is InChI=1S/C21H18N6/c1-4-10-16(11-5-1)22-19-25-20(23-17-12-6-2-7-13-17)27-21(26-19)24-18-14-8-3-9-15-18/h1-15H,(H3,22,23,24,25,26,27). The third kappa shape index (κ3) is 4.58. The molecule has 0 aliphatic carbocycles. The first kappa shape index (κ1) is 16.5. The second-order valence-electron chi connectivity index (χ2n) is 5.78. The van der Waals surface area contributed by atoms with Gasteiger partial charge in [-0.15, -0.1) is 0 Å². The molecule has 132 valence electrons. The number of hydrogen-bond acceptors (Lipinski definition) is 6. The van der Waals surface area contributed by atoms with Gasteiger partial charge >= 0.3 is 0 Å². The molecule has 0 aliphatic heterocycles. The van der Waals surface area contributed by atoms with Gasteiger partial charge in [0.25, 0.3) is 0 Å². The molecule has 3 N–H and O–H groups in total. The lowest BCUT2D eigenvalue weighted by molar-refractivity contribution is 1.06. The van der Waals surface area contributed by atoms with E-state index >= 15 is 0 Å². The number of aromatic nitrogens is 3. The average Bonchev–Trinajstić information content (AvgIpc) is 2.70. The number of anilines is 6. The third-order valence-corrected chi connectivity index (χ3v) is 3.73. The first-order valence-electron chi connectivity index (χ1n) is 8.57. The Labute approximate surface area is 157 Å². The molecule has 0 unspecified atom stereocenters. The van der Waals surface area contributed by atoms with Crippen molar-refractivity contribution in [3.8, 4) is 0 Å². The fourth-order valence-electron chi connectivity index (χ4n) is 2.50. The maximum Gasteiger partial charge on any atom is 0.233 e. The number of rotatable bonds is 6. The van der Waals surface area contributed by atoms with E-state index in [1.807, 2.05) is 91.0 Å². The summed E-state index contributed by atoms with van der Waals surface area (Å²) >= 11 is 0. The molecule has 0 fully saturated rings. The molecule has 0 radical (unpaired) electrons. The second kappa shape index (κ2) is 7.97. The summed E-state index contributed by atoms with van der Waals surface area (Å²) in [5.74, 6) is 1.36.